The van der Waals surface area contributed by atoms with Crippen molar-refractivity contribution in [3.8, 4) is 0 Å². The van der Waals surface area contributed by atoms with Gasteiger partial charge in [-0.3, -0.25) is 0 Å². The van der Waals surface area contributed by atoms with Crippen LogP contribution in [0.2, 0.25) is 0 Å². The van der Waals surface area contributed by atoms with Crippen LogP contribution in [0.15, 0.2) is 60.7 Å². The summed E-state index contributed by atoms with van der Waals surface area (Å²) < 4.78 is 12.4. The lowest BCUT2D eigenvalue weighted by Crippen LogP contribution is -2.53. The second-order valence-electron chi connectivity index (χ2n) is 7.76. The van der Waals surface area contributed by atoms with E-state index in [9.17, 15) is 10.2 Å². The highest BCUT2D eigenvalue weighted by Crippen LogP contribution is 2.47. The van der Waals surface area contributed by atoms with E-state index in [0.717, 1.165) is 11.1 Å². The summed E-state index contributed by atoms with van der Waals surface area (Å²) in [6, 6.07) is 19.0. The highest BCUT2D eigenvalue weighted by atomic mass is 16.8. The smallest absolute Gasteiger partial charge is 0.164 e. The average Bonchev–Trinajstić information content (AvgIpc) is 3.04. The van der Waals surface area contributed by atoms with E-state index >= 15 is 0 Å². The summed E-state index contributed by atoms with van der Waals surface area (Å²) in [6.07, 6.45) is -0.562. The van der Waals surface area contributed by atoms with Gasteiger partial charge in [0, 0.05) is 0 Å². The monoisotopic (exact) mass is 370 g/mol. The lowest BCUT2D eigenvalue weighted by atomic mass is 9.75. The van der Waals surface area contributed by atoms with Crippen molar-refractivity contribution >= 4 is 0 Å². The fourth-order valence-corrected chi connectivity index (χ4v) is 4.05. The van der Waals surface area contributed by atoms with E-state index in [2.05, 4.69) is 0 Å². The molecule has 146 valence electrons. The molecule has 3 rings (SSSR count). The molecule has 1 aliphatic rings. The second kappa shape index (κ2) is 7.36. The van der Waals surface area contributed by atoms with Crippen LogP contribution in [0.1, 0.15) is 51.7 Å². The van der Waals surface area contributed by atoms with Crippen LogP contribution in [0.5, 0.6) is 0 Å². The van der Waals surface area contributed by atoms with E-state index in [-0.39, 0.29) is 0 Å². The molecule has 0 radical (unpaired) electrons. The average molecular weight is 370 g/mol. The Hall–Kier alpha value is -1.72. The van der Waals surface area contributed by atoms with Gasteiger partial charge in [0.25, 0.3) is 0 Å². The van der Waals surface area contributed by atoms with E-state index < -0.39 is 29.2 Å². The minimum absolute atomic E-state index is 0.437. The van der Waals surface area contributed by atoms with Crippen molar-refractivity contribution in [2.75, 3.05) is 0 Å². The number of ether oxygens (including phenoxy) is 2. The van der Waals surface area contributed by atoms with Crippen molar-refractivity contribution in [1.82, 2.24) is 0 Å². The Balaban J connectivity index is 2.10. The van der Waals surface area contributed by atoms with Gasteiger partial charge in [-0.2, -0.15) is 0 Å². The summed E-state index contributed by atoms with van der Waals surface area (Å²) in [6.45, 7) is 7.49. The quantitative estimate of drug-likeness (QED) is 0.804. The van der Waals surface area contributed by atoms with Gasteiger partial charge in [-0.15, -0.1) is 0 Å². The lowest BCUT2D eigenvalue weighted by Gasteiger charge is -2.41. The molecular formula is C23H30O4. The third kappa shape index (κ3) is 3.55. The molecule has 0 aliphatic carbocycles. The molecule has 1 heterocycles. The molecule has 4 atom stereocenters. The SMILES string of the molecule is CC[C@@](O)(c1ccccc1)[C@H]1OC(C)(C)O[C@@H]1[C@](O)(CC)c1ccccc1. The Morgan fingerprint density at radius 1 is 0.741 bits per heavy atom. The minimum atomic E-state index is -1.28. The molecule has 1 saturated heterocycles. The molecule has 0 spiro atoms. The number of hydrogen-bond donors (Lipinski definition) is 2. The molecule has 2 aromatic carbocycles. The van der Waals surface area contributed by atoms with Crippen LogP contribution in [0.3, 0.4) is 0 Å². The topological polar surface area (TPSA) is 58.9 Å². The third-order valence-electron chi connectivity index (χ3n) is 5.66. The molecule has 0 amide bonds. The van der Waals surface area contributed by atoms with Crippen molar-refractivity contribution in [2.45, 2.75) is 69.7 Å². The predicted molar refractivity (Wildman–Crippen MR) is 105 cm³/mol. The molecule has 1 fully saturated rings. The number of aliphatic hydroxyl groups is 2. The van der Waals surface area contributed by atoms with Crippen molar-refractivity contribution in [3.05, 3.63) is 71.8 Å². The van der Waals surface area contributed by atoms with Gasteiger partial charge in [0.2, 0.25) is 0 Å². The maximum absolute atomic E-state index is 11.7. The van der Waals surface area contributed by atoms with E-state index in [4.69, 9.17) is 9.47 Å². The van der Waals surface area contributed by atoms with Gasteiger partial charge in [-0.1, -0.05) is 74.5 Å². The zero-order valence-corrected chi connectivity index (χ0v) is 16.6. The predicted octanol–water partition coefficient (Wildman–Crippen LogP) is 4.10. The molecular weight excluding hydrogens is 340 g/mol. The summed E-state index contributed by atoms with van der Waals surface area (Å²) >= 11 is 0. The maximum Gasteiger partial charge on any atom is 0.164 e. The number of rotatable bonds is 6. The molecule has 1 aliphatic heterocycles. The fourth-order valence-electron chi connectivity index (χ4n) is 4.05. The van der Waals surface area contributed by atoms with Gasteiger partial charge in [-0.25, -0.2) is 0 Å². The molecule has 4 heteroatoms. The third-order valence-corrected chi connectivity index (χ3v) is 5.66. The Bertz CT molecular complexity index is 682. The standard InChI is InChI=1S/C23H30O4/c1-5-22(24,17-13-9-7-10-14-17)19-20(27-21(3,4)26-19)23(25,6-2)18-15-11-8-12-16-18/h7-16,19-20,24-25H,5-6H2,1-4H3/t19-,20-,22-,23+/m0/s1. The second-order valence-corrected chi connectivity index (χ2v) is 7.76. The lowest BCUT2D eigenvalue weighted by molar-refractivity contribution is -0.179. The Morgan fingerprint density at radius 2 is 1.07 bits per heavy atom. The maximum atomic E-state index is 11.7. The van der Waals surface area contributed by atoms with Gasteiger partial charge < -0.3 is 19.7 Å². The largest absolute Gasteiger partial charge is 0.382 e. The molecule has 0 aromatic heterocycles. The molecule has 4 nitrogen and oxygen atoms in total. The van der Waals surface area contributed by atoms with Crippen LogP contribution in [0.4, 0.5) is 0 Å². The van der Waals surface area contributed by atoms with Crippen LogP contribution in [0, 0.1) is 0 Å². The van der Waals surface area contributed by atoms with E-state index in [0.29, 0.717) is 12.8 Å². The van der Waals surface area contributed by atoms with Crippen molar-refractivity contribution in [3.63, 3.8) is 0 Å². The first-order valence-electron chi connectivity index (χ1n) is 9.68. The Kier molecular flexibility index (Phi) is 5.46. The van der Waals surface area contributed by atoms with Crippen molar-refractivity contribution in [2.24, 2.45) is 0 Å². The fraction of sp³-hybridized carbons (Fsp3) is 0.478. The molecule has 27 heavy (non-hydrogen) atoms. The summed E-state index contributed by atoms with van der Waals surface area (Å²) in [5.41, 5.74) is -1.04. The first kappa shape index (κ1) is 20.0. The zero-order valence-electron chi connectivity index (χ0n) is 16.6. The highest BCUT2D eigenvalue weighted by Gasteiger charge is 2.58. The van der Waals surface area contributed by atoms with Crippen LogP contribution in [-0.2, 0) is 20.7 Å². The molecule has 2 N–H and O–H groups in total. The Labute approximate surface area is 161 Å². The highest BCUT2D eigenvalue weighted by molar-refractivity contribution is 5.29. The first-order chi connectivity index (χ1) is 12.8. The summed E-state index contributed by atoms with van der Waals surface area (Å²) in [4.78, 5) is 0. The molecule has 0 bridgehead atoms. The van der Waals surface area contributed by atoms with Gasteiger partial charge in [0.15, 0.2) is 5.79 Å². The summed E-state index contributed by atoms with van der Waals surface area (Å²) in [5.74, 6) is -0.912. The van der Waals surface area contributed by atoms with Crippen molar-refractivity contribution in [1.29, 1.82) is 0 Å². The van der Waals surface area contributed by atoms with Crippen LogP contribution in [-0.4, -0.2) is 28.2 Å². The van der Waals surface area contributed by atoms with Gasteiger partial charge in [0.1, 0.15) is 23.4 Å². The molecule has 2 aromatic rings. The van der Waals surface area contributed by atoms with Gasteiger partial charge >= 0.3 is 0 Å². The zero-order chi connectivity index (χ0) is 19.7. The van der Waals surface area contributed by atoms with Gasteiger partial charge in [0.05, 0.1) is 0 Å². The van der Waals surface area contributed by atoms with E-state index in [1.807, 2.05) is 88.4 Å². The first-order valence-corrected chi connectivity index (χ1v) is 9.68. The molecule has 0 saturated carbocycles. The summed E-state index contributed by atoms with van der Waals surface area (Å²) in [7, 11) is 0. The van der Waals surface area contributed by atoms with Crippen LogP contribution >= 0.6 is 0 Å². The normalized spacial score (nSPS) is 26.3. The van der Waals surface area contributed by atoms with E-state index in [1.54, 1.807) is 0 Å². The van der Waals surface area contributed by atoms with Gasteiger partial charge in [-0.05, 0) is 37.8 Å². The number of benzene rings is 2. The summed E-state index contributed by atoms with van der Waals surface area (Å²) in [5, 5.41) is 23.4. The molecule has 0 unspecified atom stereocenters. The van der Waals surface area contributed by atoms with Crippen molar-refractivity contribution < 1.29 is 19.7 Å². The van der Waals surface area contributed by atoms with Crippen LogP contribution < -0.4 is 0 Å². The van der Waals surface area contributed by atoms with Crippen LogP contribution in [0.25, 0.3) is 0 Å². The number of hydrogen-bond acceptors (Lipinski definition) is 4. The Morgan fingerprint density at radius 3 is 1.37 bits per heavy atom. The van der Waals surface area contributed by atoms with E-state index in [1.165, 1.54) is 0 Å². The minimum Gasteiger partial charge on any atom is -0.382 e.